The first kappa shape index (κ1) is 12.3. The van der Waals surface area contributed by atoms with Gasteiger partial charge in [0.25, 0.3) is 0 Å². The van der Waals surface area contributed by atoms with Gasteiger partial charge in [0.1, 0.15) is 11.3 Å². The van der Waals surface area contributed by atoms with Crippen LogP contribution in [0.3, 0.4) is 0 Å². The van der Waals surface area contributed by atoms with E-state index in [4.69, 9.17) is 10.8 Å². The van der Waals surface area contributed by atoms with E-state index in [1.54, 1.807) is 18.3 Å². The van der Waals surface area contributed by atoms with Crippen molar-refractivity contribution in [2.45, 2.75) is 18.9 Å². The van der Waals surface area contributed by atoms with Crippen LogP contribution in [-0.2, 0) is 4.79 Å². The standard InChI is InChI=1S/C13H14N2O3/c14-10(4-6-12(17)18)8-3-5-11(16)13-9(8)2-1-7-15-13/h1-3,5,7,10,16H,4,6,14H2,(H,17,18). The van der Waals surface area contributed by atoms with Crippen molar-refractivity contribution in [3.63, 3.8) is 0 Å². The zero-order valence-electron chi connectivity index (χ0n) is 9.71. The summed E-state index contributed by atoms with van der Waals surface area (Å²) >= 11 is 0. The van der Waals surface area contributed by atoms with Crippen molar-refractivity contribution in [1.82, 2.24) is 4.98 Å². The van der Waals surface area contributed by atoms with Crippen LogP contribution in [0.4, 0.5) is 0 Å². The maximum atomic E-state index is 10.5. The van der Waals surface area contributed by atoms with Crippen LogP contribution in [0.5, 0.6) is 5.75 Å². The molecule has 0 fully saturated rings. The number of aliphatic carboxylic acids is 1. The number of benzene rings is 1. The summed E-state index contributed by atoms with van der Waals surface area (Å²) in [7, 11) is 0. The number of phenolic OH excluding ortho intramolecular Hbond substituents is 1. The molecule has 0 spiro atoms. The zero-order chi connectivity index (χ0) is 13.1. The second kappa shape index (κ2) is 5.01. The van der Waals surface area contributed by atoms with Crippen LogP contribution in [0.1, 0.15) is 24.4 Å². The molecule has 0 aliphatic carbocycles. The van der Waals surface area contributed by atoms with Crippen LogP contribution in [0, 0.1) is 0 Å². The van der Waals surface area contributed by atoms with Gasteiger partial charge in [0.2, 0.25) is 0 Å². The number of pyridine rings is 1. The van der Waals surface area contributed by atoms with Gasteiger partial charge >= 0.3 is 5.97 Å². The Morgan fingerprint density at radius 3 is 2.89 bits per heavy atom. The summed E-state index contributed by atoms with van der Waals surface area (Å²) in [4.78, 5) is 14.6. The number of carboxylic acid groups (broad SMARTS) is 1. The number of aromatic nitrogens is 1. The van der Waals surface area contributed by atoms with Gasteiger partial charge in [-0.25, -0.2) is 0 Å². The van der Waals surface area contributed by atoms with Crippen molar-refractivity contribution < 1.29 is 15.0 Å². The minimum atomic E-state index is -0.869. The van der Waals surface area contributed by atoms with Gasteiger partial charge in [-0.15, -0.1) is 0 Å². The predicted octanol–water partition coefficient (Wildman–Crippen LogP) is 1.80. The lowest BCUT2D eigenvalue weighted by Gasteiger charge is -2.14. The fourth-order valence-electron chi connectivity index (χ4n) is 1.94. The van der Waals surface area contributed by atoms with Crippen LogP contribution < -0.4 is 5.73 Å². The number of hydrogen-bond acceptors (Lipinski definition) is 4. The van der Waals surface area contributed by atoms with Crippen LogP contribution in [0.25, 0.3) is 10.9 Å². The zero-order valence-corrected chi connectivity index (χ0v) is 9.71. The van der Waals surface area contributed by atoms with E-state index in [9.17, 15) is 9.90 Å². The van der Waals surface area contributed by atoms with Crippen LogP contribution >= 0.6 is 0 Å². The first-order valence-corrected chi connectivity index (χ1v) is 5.63. The Morgan fingerprint density at radius 2 is 2.17 bits per heavy atom. The monoisotopic (exact) mass is 246 g/mol. The van der Waals surface area contributed by atoms with Crippen molar-refractivity contribution in [2.75, 3.05) is 0 Å². The van der Waals surface area contributed by atoms with E-state index in [2.05, 4.69) is 4.98 Å². The van der Waals surface area contributed by atoms with E-state index in [0.29, 0.717) is 11.9 Å². The van der Waals surface area contributed by atoms with Gasteiger partial charge in [-0.3, -0.25) is 9.78 Å². The predicted molar refractivity (Wildman–Crippen MR) is 67.2 cm³/mol. The molecule has 0 saturated carbocycles. The Morgan fingerprint density at radius 1 is 1.39 bits per heavy atom. The van der Waals surface area contributed by atoms with E-state index >= 15 is 0 Å². The first-order chi connectivity index (χ1) is 8.59. The summed E-state index contributed by atoms with van der Waals surface area (Å²) in [6.07, 6.45) is 1.96. The number of carboxylic acids is 1. The van der Waals surface area contributed by atoms with Gasteiger partial charge in [0.05, 0.1) is 0 Å². The fraction of sp³-hybridized carbons (Fsp3) is 0.231. The molecule has 1 aromatic carbocycles. The van der Waals surface area contributed by atoms with Crippen molar-refractivity contribution in [3.8, 4) is 5.75 Å². The molecule has 0 radical (unpaired) electrons. The lowest BCUT2D eigenvalue weighted by atomic mass is 9.98. The van der Waals surface area contributed by atoms with Crippen LogP contribution in [0.2, 0.25) is 0 Å². The first-order valence-electron chi connectivity index (χ1n) is 5.63. The lowest BCUT2D eigenvalue weighted by Crippen LogP contribution is -2.12. The molecule has 1 atom stereocenters. The summed E-state index contributed by atoms with van der Waals surface area (Å²) < 4.78 is 0. The minimum Gasteiger partial charge on any atom is -0.506 e. The molecular formula is C13H14N2O3. The van der Waals surface area contributed by atoms with E-state index in [1.807, 2.05) is 6.07 Å². The number of nitrogens with zero attached hydrogens (tertiary/aromatic N) is 1. The highest BCUT2D eigenvalue weighted by Gasteiger charge is 2.13. The molecule has 18 heavy (non-hydrogen) atoms. The number of phenols is 1. The number of carbonyl (C=O) groups is 1. The Bertz CT molecular complexity index is 583. The Kier molecular flexibility index (Phi) is 3.43. The molecule has 5 heteroatoms. The van der Waals surface area contributed by atoms with Crippen molar-refractivity contribution in [1.29, 1.82) is 0 Å². The van der Waals surface area contributed by atoms with Crippen LogP contribution in [0.15, 0.2) is 30.5 Å². The second-order valence-electron chi connectivity index (χ2n) is 4.11. The highest BCUT2D eigenvalue weighted by atomic mass is 16.4. The SMILES string of the molecule is NC(CCC(=O)O)c1ccc(O)c2ncccc12. The maximum absolute atomic E-state index is 10.5. The van der Waals surface area contributed by atoms with Gasteiger partial charge in [-0.2, -0.15) is 0 Å². The number of nitrogens with two attached hydrogens (primary N) is 1. The number of fused-ring (bicyclic) bond motifs is 1. The third-order valence-electron chi connectivity index (χ3n) is 2.85. The largest absolute Gasteiger partial charge is 0.506 e. The van der Waals surface area contributed by atoms with E-state index in [0.717, 1.165) is 10.9 Å². The summed E-state index contributed by atoms with van der Waals surface area (Å²) in [5.74, 6) is -0.772. The molecule has 2 aromatic rings. The van der Waals surface area contributed by atoms with Gasteiger partial charge in [0, 0.05) is 24.0 Å². The van der Waals surface area contributed by atoms with Gasteiger partial charge < -0.3 is 15.9 Å². The average Bonchev–Trinajstić information content (AvgIpc) is 2.37. The Labute approximate surface area is 104 Å². The quantitative estimate of drug-likeness (QED) is 0.764. The minimum absolute atomic E-state index is 0.0177. The van der Waals surface area contributed by atoms with E-state index < -0.39 is 5.97 Å². The van der Waals surface area contributed by atoms with E-state index in [1.165, 1.54) is 6.07 Å². The fourth-order valence-corrected chi connectivity index (χ4v) is 1.94. The summed E-state index contributed by atoms with van der Waals surface area (Å²) in [6, 6.07) is 6.44. The summed E-state index contributed by atoms with van der Waals surface area (Å²) in [5, 5.41) is 19.1. The Hall–Kier alpha value is -2.14. The molecule has 2 rings (SSSR count). The second-order valence-corrected chi connectivity index (χ2v) is 4.11. The molecule has 0 amide bonds. The van der Waals surface area contributed by atoms with Gasteiger partial charge in [-0.1, -0.05) is 12.1 Å². The topological polar surface area (TPSA) is 96.4 Å². The number of rotatable bonds is 4. The van der Waals surface area contributed by atoms with Crippen molar-refractivity contribution >= 4 is 16.9 Å². The molecule has 1 heterocycles. The summed E-state index contributed by atoms with van der Waals surface area (Å²) in [5.41, 5.74) is 7.28. The van der Waals surface area contributed by atoms with Crippen molar-refractivity contribution in [2.24, 2.45) is 5.73 Å². The molecular weight excluding hydrogens is 232 g/mol. The molecule has 0 aliphatic heterocycles. The van der Waals surface area contributed by atoms with Gasteiger partial charge in [-0.05, 0) is 24.1 Å². The molecule has 0 saturated heterocycles. The molecule has 1 unspecified atom stereocenters. The smallest absolute Gasteiger partial charge is 0.303 e. The molecule has 0 aliphatic rings. The maximum Gasteiger partial charge on any atom is 0.303 e. The number of hydrogen-bond donors (Lipinski definition) is 3. The average molecular weight is 246 g/mol. The molecule has 1 aromatic heterocycles. The molecule has 4 N–H and O–H groups in total. The molecule has 94 valence electrons. The normalized spacial score (nSPS) is 12.5. The van der Waals surface area contributed by atoms with E-state index in [-0.39, 0.29) is 18.2 Å². The Balaban J connectivity index is 2.39. The van der Waals surface area contributed by atoms with Crippen molar-refractivity contribution in [3.05, 3.63) is 36.0 Å². The summed E-state index contributed by atoms with van der Waals surface area (Å²) in [6.45, 7) is 0. The molecule has 0 bridgehead atoms. The van der Waals surface area contributed by atoms with Gasteiger partial charge in [0.15, 0.2) is 0 Å². The highest BCUT2D eigenvalue weighted by molar-refractivity contribution is 5.87. The highest BCUT2D eigenvalue weighted by Crippen LogP contribution is 2.29. The lowest BCUT2D eigenvalue weighted by molar-refractivity contribution is -0.137. The third kappa shape index (κ3) is 2.41. The van der Waals surface area contributed by atoms with Crippen LogP contribution in [-0.4, -0.2) is 21.2 Å². The number of aromatic hydroxyl groups is 1. The third-order valence-corrected chi connectivity index (χ3v) is 2.85. The molecule has 5 nitrogen and oxygen atoms in total.